The number of pyridine rings is 2. The quantitative estimate of drug-likeness (QED) is 0.389. The van der Waals surface area contributed by atoms with E-state index in [0.717, 1.165) is 52.3 Å². The molecule has 0 aromatic carbocycles. The first-order valence-corrected chi connectivity index (χ1v) is 14.6. The van der Waals surface area contributed by atoms with Gasteiger partial charge >= 0.3 is 0 Å². The first kappa shape index (κ1) is 24.7. The molecule has 0 unspecified atom stereocenters. The van der Waals surface area contributed by atoms with Crippen LogP contribution in [0.15, 0.2) is 24.7 Å². The van der Waals surface area contributed by atoms with Crippen LogP contribution in [0, 0.1) is 13.8 Å². The zero-order valence-electron chi connectivity index (χ0n) is 21.8. The van der Waals surface area contributed by atoms with E-state index >= 15 is 0 Å². The minimum absolute atomic E-state index is 0.192. The highest BCUT2D eigenvalue weighted by molar-refractivity contribution is 7.90. The zero-order chi connectivity index (χ0) is 25.8. The van der Waals surface area contributed by atoms with Gasteiger partial charge in [-0.05, 0) is 56.4 Å². The van der Waals surface area contributed by atoms with Crippen molar-refractivity contribution in [2.24, 2.45) is 0 Å². The van der Waals surface area contributed by atoms with Crippen LogP contribution in [0.25, 0.3) is 27.9 Å². The summed E-state index contributed by atoms with van der Waals surface area (Å²) in [6.45, 7) is 12.1. The van der Waals surface area contributed by atoms with Crippen molar-refractivity contribution in [2.75, 3.05) is 30.4 Å². The van der Waals surface area contributed by atoms with Gasteiger partial charge in [0.25, 0.3) is 0 Å². The van der Waals surface area contributed by atoms with Crippen LogP contribution in [-0.2, 0) is 9.84 Å². The number of nitrogens with one attached hydrogen (secondary N) is 2. The van der Waals surface area contributed by atoms with E-state index < -0.39 is 9.84 Å². The monoisotopic (exact) mass is 509 g/mol. The Kier molecular flexibility index (Phi) is 6.28. The zero-order valence-corrected chi connectivity index (χ0v) is 22.6. The van der Waals surface area contributed by atoms with Gasteiger partial charge < -0.3 is 10.3 Å². The Labute approximate surface area is 212 Å². The molecule has 1 aliphatic heterocycles. The highest BCUT2D eigenvalue weighted by Gasteiger charge is 2.30. The number of fused-ring (bicyclic) bond motifs is 2. The number of likely N-dealkylation sites (tertiary alicyclic amines) is 1. The first-order valence-electron chi connectivity index (χ1n) is 12.5. The lowest BCUT2D eigenvalue weighted by Crippen LogP contribution is -2.33. The molecule has 36 heavy (non-hydrogen) atoms. The normalized spacial score (nSPS) is 19.2. The van der Waals surface area contributed by atoms with Crippen LogP contribution in [0.3, 0.4) is 0 Å². The van der Waals surface area contributed by atoms with Crippen LogP contribution in [0.2, 0.25) is 0 Å². The van der Waals surface area contributed by atoms with Crippen molar-refractivity contribution in [2.45, 2.75) is 59.0 Å². The molecule has 2 N–H and O–H groups in total. The van der Waals surface area contributed by atoms with Gasteiger partial charge in [-0.2, -0.15) is 5.10 Å². The lowest BCUT2D eigenvalue weighted by atomic mass is 9.95. The standard InChI is InChI=1S/C26H35N7O2S/c1-15(2)23-24(20-13-33-26(27-14-28-33)18(5)17(20)4)30-21-7-8-22(31-25(21)23)29-19-11-16(3)32(12-19)9-10-36(6,34)35/h7-8,13-16,19,30H,9-12H2,1-6H3,(H,29,31)/t16-,19+/m0/s1. The number of aromatic amines is 1. The molecule has 0 spiro atoms. The first-order chi connectivity index (χ1) is 17.0. The van der Waals surface area contributed by atoms with Gasteiger partial charge in [-0.25, -0.2) is 22.9 Å². The number of hydrogen-bond donors (Lipinski definition) is 2. The SMILES string of the molecule is Cc1c(-c2[nH]c3ccc(N[C@@H]4C[C@H](C)N(CCS(C)(=O)=O)C4)nc3c2C(C)C)cn2ncnc2c1C. The van der Waals surface area contributed by atoms with Gasteiger partial charge in [0.2, 0.25) is 0 Å². The topological polar surface area (TPSA) is 108 Å². The predicted molar refractivity (Wildman–Crippen MR) is 144 cm³/mol. The summed E-state index contributed by atoms with van der Waals surface area (Å²) >= 11 is 0. The average molecular weight is 510 g/mol. The molecule has 1 aliphatic rings. The summed E-state index contributed by atoms with van der Waals surface area (Å²) in [4.78, 5) is 15.3. The molecule has 0 aliphatic carbocycles. The van der Waals surface area contributed by atoms with Gasteiger partial charge in [0.1, 0.15) is 22.0 Å². The number of anilines is 1. The van der Waals surface area contributed by atoms with Crippen molar-refractivity contribution in [1.29, 1.82) is 0 Å². The molecular formula is C26H35N7O2S. The second kappa shape index (κ2) is 9.15. The van der Waals surface area contributed by atoms with Gasteiger partial charge in [0.05, 0.1) is 22.5 Å². The van der Waals surface area contributed by atoms with Gasteiger partial charge in [-0.15, -0.1) is 0 Å². The summed E-state index contributed by atoms with van der Waals surface area (Å²) in [5, 5.41) is 7.98. The molecule has 9 nitrogen and oxygen atoms in total. The lowest BCUT2D eigenvalue weighted by molar-refractivity contribution is 0.284. The number of nitrogens with zero attached hydrogens (tertiary/aromatic N) is 5. The van der Waals surface area contributed by atoms with Crippen molar-refractivity contribution in [3.63, 3.8) is 0 Å². The molecule has 4 aromatic rings. The number of H-pyrrole nitrogens is 1. The Hall–Kier alpha value is -2.98. The second-order valence-electron chi connectivity index (χ2n) is 10.5. The molecule has 10 heteroatoms. The second-order valence-corrected chi connectivity index (χ2v) is 12.8. The molecule has 2 atom stereocenters. The maximum atomic E-state index is 11.6. The molecular weight excluding hydrogens is 474 g/mol. The molecule has 0 radical (unpaired) electrons. The van der Waals surface area contributed by atoms with Crippen molar-refractivity contribution in [1.82, 2.24) is 29.5 Å². The van der Waals surface area contributed by atoms with E-state index in [4.69, 9.17) is 4.98 Å². The highest BCUT2D eigenvalue weighted by Crippen LogP contribution is 2.37. The fourth-order valence-corrected chi connectivity index (χ4v) is 5.97. The molecule has 0 amide bonds. The number of sulfone groups is 1. The fourth-order valence-electron chi connectivity index (χ4n) is 5.40. The molecule has 0 saturated carbocycles. The summed E-state index contributed by atoms with van der Waals surface area (Å²) in [6, 6.07) is 4.67. The molecule has 5 rings (SSSR count). The van der Waals surface area contributed by atoms with E-state index in [1.165, 1.54) is 17.4 Å². The van der Waals surface area contributed by atoms with Gasteiger partial charge in [0, 0.05) is 48.8 Å². The largest absolute Gasteiger partial charge is 0.366 e. The molecule has 1 saturated heterocycles. The Morgan fingerprint density at radius 1 is 1.22 bits per heavy atom. The van der Waals surface area contributed by atoms with E-state index in [-0.39, 0.29) is 17.7 Å². The number of aromatic nitrogens is 5. The summed E-state index contributed by atoms with van der Waals surface area (Å²) in [5.41, 5.74) is 8.51. The van der Waals surface area contributed by atoms with Crippen LogP contribution >= 0.6 is 0 Å². The van der Waals surface area contributed by atoms with Crippen LogP contribution < -0.4 is 5.32 Å². The maximum Gasteiger partial charge on any atom is 0.158 e. The summed E-state index contributed by atoms with van der Waals surface area (Å²) < 4.78 is 25.1. The lowest BCUT2D eigenvalue weighted by Gasteiger charge is -2.20. The Morgan fingerprint density at radius 2 is 2.00 bits per heavy atom. The molecule has 0 bridgehead atoms. The van der Waals surface area contributed by atoms with Crippen molar-refractivity contribution in [3.8, 4) is 11.3 Å². The minimum atomic E-state index is -2.97. The van der Waals surface area contributed by atoms with Crippen LogP contribution in [0.4, 0.5) is 5.82 Å². The van der Waals surface area contributed by atoms with E-state index in [0.29, 0.717) is 12.6 Å². The molecule has 1 fully saturated rings. The number of hydrogen-bond acceptors (Lipinski definition) is 7. The van der Waals surface area contributed by atoms with Crippen LogP contribution in [0.5, 0.6) is 0 Å². The summed E-state index contributed by atoms with van der Waals surface area (Å²) in [6.07, 6.45) is 5.89. The van der Waals surface area contributed by atoms with Gasteiger partial charge in [-0.1, -0.05) is 13.8 Å². The van der Waals surface area contributed by atoms with E-state index in [1.807, 2.05) is 16.8 Å². The molecule has 5 heterocycles. The maximum absolute atomic E-state index is 11.6. The number of aryl methyl sites for hydroxylation is 1. The Balaban J connectivity index is 1.46. The Bertz CT molecular complexity index is 1540. The third kappa shape index (κ3) is 4.59. The van der Waals surface area contributed by atoms with Crippen molar-refractivity contribution in [3.05, 3.63) is 41.3 Å². The highest BCUT2D eigenvalue weighted by atomic mass is 32.2. The number of rotatable bonds is 7. The van der Waals surface area contributed by atoms with Gasteiger partial charge in [0.15, 0.2) is 5.65 Å². The predicted octanol–water partition coefficient (Wildman–Crippen LogP) is 3.93. The van der Waals surface area contributed by atoms with Crippen molar-refractivity contribution >= 4 is 32.3 Å². The van der Waals surface area contributed by atoms with E-state index in [1.54, 1.807) is 6.33 Å². The summed E-state index contributed by atoms with van der Waals surface area (Å²) in [5.74, 6) is 1.30. The third-order valence-electron chi connectivity index (χ3n) is 7.46. The smallest absolute Gasteiger partial charge is 0.158 e. The van der Waals surface area contributed by atoms with Crippen molar-refractivity contribution < 1.29 is 8.42 Å². The van der Waals surface area contributed by atoms with Crippen LogP contribution in [0.1, 0.15) is 49.8 Å². The summed E-state index contributed by atoms with van der Waals surface area (Å²) in [7, 11) is -2.97. The molecule has 4 aromatic heterocycles. The van der Waals surface area contributed by atoms with E-state index in [9.17, 15) is 8.42 Å². The average Bonchev–Trinajstić information content (AvgIpc) is 3.50. The minimum Gasteiger partial charge on any atom is -0.366 e. The van der Waals surface area contributed by atoms with Gasteiger partial charge in [-0.3, -0.25) is 4.90 Å². The fraction of sp³-hybridized carbons (Fsp3) is 0.500. The molecule has 192 valence electrons. The van der Waals surface area contributed by atoms with E-state index in [2.05, 4.69) is 66.0 Å². The third-order valence-corrected chi connectivity index (χ3v) is 8.38. The van der Waals surface area contributed by atoms with Crippen LogP contribution in [-0.4, -0.2) is 75.1 Å². The Morgan fingerprint density at radius 3 is 2.72 bits per heavy atom.